The Kier molecular flexibility index (Phi) is 22.6. The average molecular weight is 998 g/mol. The number of methoxy groups -OCH3 is 1. The Morgan fingerprint density at radius 1 is 0.901 bits per heavy atom. The van der Waals surface area contributed by atoms with Crippen LogP contribution in [0.2, 0.25) is 0 Å². The first-order valence-corrected chi connectivity index (χ1v) is 26.3. The quantitative estimate of drug-likeness (QED) is 0.110. The van der Waals surface area contributed by atoms with Gasteiger partial charge >= 0.3 is 11.9 Å². The molecule has 3 aliphatic heterocycles. The lowest BCUT2D eigenvalue weighted by Crippen LogP contribution is -2.61. The maximum Gasteiger partial charge on any atom is 0.329 e. The molecule has 15 heteroatoms. The number of esters is 2. The van der Waals surface area contributed by atoms with Gasteiger partial charge in [-0.15, -0.1) is 0 Å². The van der Waals surface area contributed by atoms with Crippen LogP contribution in [0.15, 0.2) is 47.6 Å². The topological polar surface area (TPSA) is 223 Å². The van der Waals surface area contributed by atoms with Crippen molar-refractivity contribution >= 4 is 35.2 Å². The first-order valence-electron chi connectivity index (χ1n) is 26.3. The highest BCUT2D eigenvalue weighted by molar-refractivity contribution is 6.39. The Morgan fingerprint density at radius 2 is 1.59 bits per heavy atom. The molecule has 3 fully saturated rings. The van der Waals surface area contributed by atoms with Crippen LogP contribution in [0.1, 0.15) is 146 Å². The van der Waals surface area contributed by atoms with E-state index in [1.807, 2.05) is 65.0 Å². The molecule has 0 spiro atoms. The number of ether oxygens (including phenoxy) is 4. The lowest BCUT2D eigenvalue weighted by atomic mass is 9.75. The van der Waals surface area contributed by atoms with E-state index in [2.05, 4.69) is 0 Å². The number of carbonyl (C=O) groups excluding carboxylic acids is 6. The summed E-state index contributed by atoms with van der Waals surface area (Å²) >= 11 is 0. The first kappa shape index (κ1) is 59.7. The highest BCUT2D eigenvalue weighted by Gasteiger charge is 2.53. The first-order chi connectivity index (χ1) is 33.4. The highest BCUT2D eigenvalue weighted by Crippen LogP contribution is 2.39. The number of ketones is 3. The van der Waals surface area contributed by atoms with Crippen LogP contribution in [-0.2, 0) is 47.7 Å². The lowest BCUT2D eigenvalue weighted by molar-refractivity contribution is -0.265. The molecule has 2 saturated heterocycles. The van der Waals surface area contributed by atoms with E-state index in [1.165, 1.54) is 11.8 Å². The number of hydrogen-bond donors (Lipinski definition) is 4. The largest absolute Gasteiger partial charge is 0.462 e. The van der Waals surface area contributed by atoms with Gasteiger partial charge in [-0.1, -0.05) is 84.9 Å². The van der Waals surface area contributed by atoms with Crippen LogP contribution < -0.4 is 0 Å². The molecule has 1 amide bonds. The Balaban J connectivity index is 1.67. The van der Waals surface area contributed by atoms with Crippen LogP contribution in [-0.4, -0.2) is 130 Å². The number of amides is 1. The van der Waals surface area contributed by atoms with E-state index in [-0.39, 0.29) is 60.5 Å². The second kappa shape index (κ2) is 26.9. The van der Waals surface area contributed by atoms with Crippen LogP contribution in [0.4, 0.5) is 0 Å². The van der Waals surface area contributed by atoms with E-state index in [4.69, 9.17) is 18.9 Å². The number of Topliss-reactive ketones (excluding diaryl/α,β-unsaturated/α-hetero) is 3. The molecule has 1 aliphatic carbocycles. The molecular weight excluding hydrogens is 911 g/mol. The molecule has 15 nitrogen and oxygen atoms in total. The highest BCUT2D eigenvalue weighted by atomic mass is 16.6. The molecule has 400 valence electrons. The summed E-state index contributed by atoms with van der Waals surface area (Å²) in [5.41, 5.74) is -0.0768. The number of aliphatic hydroxyl groups excluding tert-OH is 3. The minimum atomic E-state index is -2.45. The number of rotatable bonds is 8. The van der Waals surface area contributed by atoms with Crippen molar-refractivity contribution in [3.05, 3.63) is 47.6 Å². The molecule has 0 aromatic carbocycles. The number of nitrogens with zero attached hydrogens (tertiary/aromatic N) is 1. The summed E-state index contributed by atoms with van der Waals surface area (Å²) in [4.78, 5) is 85.1. The summed E-state index contributed by atoms with van der Waals surface area (Å²) in [6.45, 7) is 16.8. The van der Waals surface area contributed by atoms with Gasteiger partial charge in [0.25, 0.3) is 11.7 Å². The molecule has 4 rings (SSSR count). The van der Waals surface area contributed by atoms with Crippen molar-refractivity contribution in [2.24, 2.45) is 52.8 Å². The summed E-state index contributed by atoms with van der Waals surface area (Å²) in [5, 5.41) is 42.9. The number of cyclic esters (lactones) is 1. The van der Waals surface area contributed by atoms with E-state index >= 15 is 0 Å². The Hall–Kier alpha value is -3.86. The van der Waals surface area contributed by atoms with Crippen molar-refractivity contribution in [1.29, 1.82) is 0 Å². The molecule has 0 unspecified atom stereocenters. The predicted octanol–water partition coefficient (Wildman–Crippen LogP) is 6.96. The molecule has 71 heavy (non-hydrogen) atoms. The molecule has 3 heterocycles. The molecule has 1 saturated carbocycles. The van der Waals surface area contributed by atoms with Gasteiger partial charge in [-0.25, -0.2) is 4.79 Å². The third-order valence-electron chi connectivity index (χ3n) is 16.1. The normalized spacial score (nSPS) is 37.0. The Labute approximate surface area is 422 Å². The summed E-state index contributed by atoms with van der Waals surface area (Å²) in [6, 6.07) is -1.17. The fraction of sp³-hybridized carbons (Fsp3) is 0.750. The second-order valence-electron chi connectivity index (χ2n) is 22.2. The maximum absolute atomic E-state index is 14.5. The van der Waals surface area contributed by atoms with Gasteiger partial charge in [0.15, 0.2) is 0 Å². The molecular formula is C56H87NO14. The van der Waals surface area contributed by atoms with Gasteiger partial charge in [-0.05, 0) is 120 Å². The Morgan fingerprint density at radius 3 is 2.24 bits per heavy atom. The standard InChI is InChI=1S/C56H87NO14/c1-33-17-13-12-14-18-34(2)47(68-11)29-43-22-20-40(8)56(67,71-43)51(63)52(64)57-24-16-15-19-44(57)53(65)69-48(30-45(60)35(3)26-39(7)50(62)41(9)49(61)38(6)25-33)37(5)28-42-21-23-46(36(4)27-42)70-54(66)55(10,31-58)32-59/h12-14,17-18,26,33,35-38,40-44,46-48,50,58-59,62,67H,15-16,19-25,27-32H2,1-11H3/b14-12?,17-13+,34-18?,39-26+/t33-,35-,36-,37-,38-,40-,41+,42-,43+,44+,46-,47+,48+,50-,56-/m1/s1. The molecule has 15 atom stereocenters. The molecule has 0 aromatic heterocycles. The van der Waals surface area contributed by atoms with E-state index in [0.717, 1.165) is 5.57 Å². The van der Waals surface area contributed by atoms with Gasteiger partial charge in [-0.3, -0.25) is 24.0 Å². The molecule has 0 radical (unpaired) electrons. The van der Waals surface area contributed by atoms with Crippen LogP contribution in [0.5, 0.6) is 0 Å². The van der Waals surface area contributed by atoms with Gasteiger partial charge in [0.05, 0.1) is 31.5 Å². The number of aliphatic hydroxyl groups is 4. The molecule has 0 aromatic rings. The summed E-state index contributed by atoms with van der Waals surface area (Å²) in [6.07, 6.45) is 13.0. The fourth-order valence-electron chi connectivity index (χ4n) is 10.9. The minimum Gasteiger partial charge on any atom is -0.462 e. The number of hydrogen-bond acceptors (Lipinski definition) is 14. The zero-order valence-corrected chi connectivity index (χ0v) is 44.5. The van der Waals surface area contributed by atoms with Crippen molar-refractivity contribution < 1.29 is 68.1 Å². The number of carbonyl (C=O) groups is 6. The number of allylic oxidation sites excluding steroid dienone is 6. The fourth-order valence-corrected chi connectivity index (χ4v) is 10.9. The third kappa shape index (κ3) is 15.6. The lowest BCUT2D eigenvalue weighted by Gasteiger charge is -2.42. The number of fused-ring (bicyclic) bond motifs is 3. The van der Waals surface area contributed by atoms with Crippen LogP contribution in [0.25, 0.3) is 0 Å². The van der Waals surface area contributed by atoms with Gasteiger partial charge in [0, 0.05) is 50.2 Å². The van der Waals surface area contributed by atoms with Crippen molar-refractivity contribution in [3.63, 3.8) is 0 Å². The van der Waals surface area contributed by atoms with E-state index in [9.17, 15) is 49.2 Å². The van der Waals surface area contributed by atoms with E-state index in [0.29, 0.717) is 69.8 Å². The van der Waals surface area contributed by atoms with Gasteiger partial charge in [0.1, 0.15) is 35.2 Å². The average Bonchev–Trinajstić information content (AvgIpc) is 3.34. The van der Waals surface area contributed by atoms with Crippen molar-refractivity contribution in [2.75, 3.05) is 26.9 Å². The summed E-state index contributed by atoms with van der Waals surface area (Å²) < 4.78 is 24.1. The van der Waals surface area contributed by atoms with E-state index < -0.39 is 102 Å². The zero-order chi connectivity index (χ0) is 53.0. The summed E-state index contributed by atoms with van der Waals surface area (Å²) in [7, 11) is 1.57. The molecule has 2 bridgehead atoms. The SMILES string of the molecule is CO[C@H]1C[C@@H]2CC[C@@H](C)[C@@](O)(O2)C(=O)C(=O)N2CCCC[C@H]2C(=O)O[C@H]([C@H](C)C[C@@H]2CC[C@@H](OC(=O)C(C)(CO)CO)[C@H](C)C2)CC(=O)[C@H](C)/C=C(\C)[C@@H](O)[C@@H](C)C(=O)[C@H](C)C[C@H](C)/C=C/C=CC=C1C. The monoisotopic (exact) mass is 998 g/mol. The number of piperidine rings is 1. The van der Waals surface area contributed by atoms with Crippen LogP contribution >= 0.6 is 0 Å². The second-order valence-corrected chi connectivity index (χ2v) is 22.2. The van der Waals surface area contributed by atoms with Gasteiger partial charge in [0.2, 0.25) is 5.79 Å². The van der Waals surface area contributed by atoms with Crippen LogP contribution in [0, 0.1) is 52.8 Å². The van der Waals surface area contributed by atoms with Crippen molar-refractivity contribution in [3.8, 4) is 0 Å². The Bertz CT molecular complexity index is 1970. The van der Waals surface area contributed by atoms with Crippen molar-refractivity contribution in [1.82, 2.24) is 4.90 Å². The van der Waals surface area contributed by atoms with Gasteiger partial charge in [-0.2, -0.15) is 0 Å². The minimum absolute atomic E-state index is 0.0548. The van der Waals surface area contributed by atoms with Crippen LogP contribution in [0.3, 0.4) is 0 Å². The van der Waals surface area contributed by atoms with Gasteiger partial charge < -0.3 is 44.3 Å². The zero-order valence-electron chi connectivity index (χ0n) is 44.5. The molecule has 4 N–H and O–H groups in total. The third-order valence-corrected chi connectivity index (χ3v) is 16.1. The molecule has 4 aliphatic rings. The predicted molar refractivity (Wildman–Crippen MR) is 268 cm³/mol. The smallest absolute Gasteiger partial charge is 0.329 e. The maximum atomic E-state index is 14.5. The summed E-state index contributed by atoms with van der Waals surface area (Å²) in [5.74, 6) is -9.25. The van der Waals surface area contributed by atoms with Crippen molar-refractivity contribution in [2.45, 2.75) is 189 Å². The van der Waals surface area contributed by atoms with E-state index in [1.54, 1.807) is 40.9 Å².